The van der Waals surface area contributed by atoms with Crippen molar-refractivity contribution >= 4 is 39.7 Å². The van der Waals surface area contributed by atoms with E-state index >= 15 is 0 Å². The van der Waals surface area contributed by atoms with Crippen LogP contribution in [0.5, 0.6) is 0 Å². The van der Waals surface area contributed by atoms with E-state index in [0.717, 1.165) is 21.5 Å². The van der Waals surface area contributed by atoms with Crippen molar-refractivity contribution in [3.8, 4) is 0 Å². The van der Waals surface area contributed by atoms with Gasteiger partial charge in [-0.3, -0.25) is 4.57 Å². The predicted octanol–water partition coefficient (Wildman–Crippen LogP) is 5.25. The fourth-order valence-electron chi connectivity index (χ4n) is 1.60. The van der Waals surface area contributed by atoms with Gasteiger partial charge in [0.1, 0.15) is 0 Å². The van der Waals surface area contributed by atoms with E-state index in [1.165, 1.54) is 11.4 Å². The first-order chi connectivity index (χ1) is 9.18. The fourth-order valence-corrected chi connectivity index (χ4v) is 9.88. The lowest BCUT2D eigenvalue weighted by atomic mass is 10.2. The van der Waals surface area contributed by atoms with Gasteiger partial charge in [-0.1, -0.05) is 67.1 Å². The molecule has 0 N–H and O–H groups in total. The molecule has 1 atom stereocenters. The minimum absolute atomic E-state index is 0.812. The molecule has 1 fully saturated rings. The van der Waals surface area contributed by atoms with E-state index in [1.807, 2.05) is 42.5 Å². The van der Waals surface area contributed by atoms with E-state index < -0.39 is 5.55 Å². The van der Waals surface area contributed by atoms with Crippen LogP contribution < -0.4 is 5.30 Å². The molecular formula is C15H15OPS2. The molecule has 0 saturated carbocycles. The van der Waals surface area contributed by atoms with Crippen molar-refractivity contribution in [2.75, 3.05) is 5.75 Å². The quantitative estimate of drug-likeness (QED) is 0.558. The molecule has 1 aliphatic heterocycles. The summed E-state index contributed by atoms with van der Waals surface area (Å²) in [5.74, 6) is 0.812. The molecule has 0 radical (unpaired) electrons. The summed E-state index contributed by atoms with van der Waals surface area (Å²) in [5.41, 5.74) is -1.34. The van der Waals surface area contributed by atoms with Crippen LogP contribution in [0.4, 0.5) is 0 Å². The smallest absolute Gasteiger partial charge is 0.223 e. The van der Waals surface area contributed by atoms with Gasteiger partial charge in [-0.25, -0.2) is 0 Å². The minimum atomic E-state index is -2.39. The van der Waals surface area contributed by atoms with E-state index in [4.69, 9.17) is 0 Å². The van der Waals surface area contributed by atoms with Gasteiger partial charge in [-0.05, 0) is 29.1 Å². The third-order valence-electron chi connectivity index (χ3n) is 2.59. The molecule has 2 rings (SSSR count). The van der Waals surface area contributed by atoms with Crippen LogP contribution in [0, 0.1) is 0 Å². The topological polar surface area (TPSA) is 17.1 Å². The van der Waals surface area contributed by atoms with Crippen LogP contribution in [-0.4, -0.2) is 5.75 Å². The largest absolute Gasteiger partial charge is 0.295 e. The molecule has 1 saturated heterocycles. The van der Waals surface area contributed by atoms with Gasteiger partial charge < -0.3 is 0 Å². The van der Waals surface area contributed by atoms with Gasteiger partial charge in [0.2, 0.25) is 5.55 Å². The van der Waals surface area contributed by atoms with Crippen LogP contribution in [0.15, 0.2) is 66.6 Å². The van der Waals surface area contributed by atoms with E-state index in [-0.39, 0.29) is 0 Å². The SMILES string of the molecule is C=C/C=C\C=C1/CSP(=O)(c2ccc(C=C)cc2)S1. The maximum absolute atomic E-state index is 12.9. The van der Waals surface area contributed by atoms with Crippen molar-refractivity contribution in [2.24, 2.45) is 0 Å². The van der Waals surface area contributed by atoms with Crippen molar-refractivity contribution in [1.82, 2.24) is 0 Å². The lowest BCUT2D eigenvalue weighted by Gasteiger charge is -2.08. The second-order valence-electron chi connectivity index (χ2n) is 3.91. The van der Waals surface area contributed by atoms with Gasteiger partial charge in [0, 0.05) is 16.0 Å². The van der Waals surface area contributed by atoms with Gasteiger partial charge in [0.15, 0.2) is 0 Å². The van der Waals surface area contributed by atoms with Crippen molar-refractivity contribution in [1.29, 1.82) is 0 Å². The van der Waals surface area contributed by atoms with Crippen LogP contribution in [0.1, 0.15) is 5.56 Å². The Morgan fingerprint density at radius 1 is 1.16 bits per heavy atom. The highest BCUT2D eigenvalue weighted by Gasteiger charge is 2.34. The number of allylic oxidation sites excluding steroid dienone is 4. The van der Waals surface area contributed by atoms with E-state index in [0.29, 0.717) is 0 Å². The zero-order valence-electron chi connectivity index (χ0n) is 10.5. The standard InChI is InChI=1S/C15H15OPS2/c1-3-5-6-7-15-12-18-17(16,19-15)14-10-8-13(4-2)9-11-14/h3-11H,1-2,12H2/b6-5-,15-7+. The zero-order valence-corrected chi connectivity index (χ0v) is 13.0. The van der Waals surface area contributed by atoms with Crippen LogP contribution in [0.25, 0.3) is 6.08 Å². The Hall–Kier alpha value is -0.890. The third kappa shape index (κ3) is 3.56. The van der Waals surface area contributed by atoms with Crippen molar-refractivity contribution in [2.45, 2.75) is 0 Å². The summed E-state index contributed by atoms with van der Waals surface area (Å²) in [4.78, 5) is 1.15. The summed E-state index contributed by atoms with van der Waals surface area (Å²) < 4.78 is 12.9. The summed E-state index contributed by atoms with van der Waals surface area (Å²) in [7, 11) is 0. The average molecular weight is 306 g/mol. The van der Waals surface area contributed by atoms with E-state index in [1.54, 1.807) is 23.5 Å². The molecule has 98 valence electrons. The summed E-state index contributed by atoms with van der Waals surface area (Å²) in [6.45, 7) is 7.35. The minimum Gasteiger partial charge on any atom is -0.295 e. The van der Waals surface area contributed by atoms with E-state index in [2.05, 4.69) is 13.2 Å². The van der Waals surface area contributed by atoms with Crippen LogP contribution >= 0.6 is 28.3 Å². The Balaban J connectivity index is 2.18. The zero-order chi connectivity index (χ0) is 13.7. The summed E-state index contributed by atoms with van der Waals surface area (Å²) in [6, 6.07) is 7.81. The molecule has 0 amide bonds. The molecule has 0 aliphatic carbocycles. The Morgan fingerprint density at radius 3 is 2.53 bits per heavy atom. The van der Waals surface area contributed by atoms with Gasteiger partial charge in [0.25, 0.3) is 0 Å². The van der Waals surface area contributed by atoms with Gasteiger partial charge in [0.05, 0.1) is 0 Å². The highest BCUT2D eigenvalue weighted by atomic mass is 33.1. The normalized spacial score (nSPS) is 24.9. The number of benzene rings is 1. The number of rotatable bonds is 4. The molecule has 1 aromatic rings. The Labute approximate surface area is 122 Å². The molecule has 0 aromatic heterocycles. The molecule has 4 heteroatoms. The summed E-state index contributed by atoms with van der Waals surface area (Å²) >= 11 is 3.04. The third-order valence-corrected chi connectivity index (χ3v) is 11.0. The molecule has 1 nitrogen and oxygen atoms in total. The first-order valence-corrected chi connectivity index (χ1v) is 10.6. The average Bonchev–Trinajstić information content (AvgIpc) is 2.82. The maximum atomic E-state index is 12.9. The molecule has 0 bridgehead atoms. The van der Waals surface area contributed by atoms with Crippen molar-refractivity contribution < 1.29 is 4.57 Å². The van der Waals surface area contributed by atoms with Gasteiger partial charge >= 0.3 is 0 Å². The lowest BCUT2D eigenvalue weighted by Crippen LogP contribution is -1.97. The van der Waals surface area contributed by atoms with Crippen LogP contribution in [0.2, 0.25) is 0 Å². The first kappa shape index (κ1) is 14.5. The summed E-state index contributed by atoms with van der Waals surface area (Å²) in [6.07, 6.45) is 9.35. The second-order valence-corrected chi connectivity index (χ2v) is 11.8. The maximum Gasteiger partial charge on any atom is 0.223 e. The molecule has 19 heavy (non-hydrogen) atoms. The first-order valence-electron chi connectivity index (χ1n) is 5.83. The molecule has 1 aliphatic rings. The van der Waals surface area contributed by atoms with Crippen LogP contribution in [-0.2, 0) is 4.57 Å². The predicted molar refractivity (Wildman–Crippen MR) is 91.2 cm³/mol. The second kappa shape index (κ2) is 6.51. The van der Waals surface area contributed by atoms with Crippen molar-refractivity contribution in [3.05, 3.63) is 72.2 Å². The Morgan fingerprint density at radius 2 is 1.89 bits per heavy atom. The lowest BCUT2D eigenvalue weighted by molar-refractivity contribution is 0.599. The highest BCUT2D eigenvalue weighted by Crippen LogP contribution is 2.75. The van der Waals surface area contributed by atoms with E-state index in [9.17, 15) is 4.57 Å². The van der Waals surface area contributed by atoms with Crippen LogP contribution in [0.3, 0.4) is 0 Å². The fraction of sp³-hybridized carbons (Fsp3) is 0.0667. The number of hydrogen-bond donors (Lipinski definition) is 0. The van der Waals surface area contributed by atoms with Gasteiger partial charge in [-0.15, -0.1) is 0 Å². The number of hydrogen-bond acceptors (Lipinski definition) is 3. The molecular weight excluding hydrogens is 291 g/mol. The van der Waals surface area contributed by atoms with Crippen molar-refractivity contribution in [3.63, 3.8) is 0 Å². The summed E-state index contributed by atoms with van der Waals surface area (Å²) in [5, 5.41) is 0.921. The molecule has 1 heterocycles. The van der Waals surface area contributed by atoms with Gasteiger partial charge in [-0.2, -0.15) is 0 Å². The Bertz CT molecular complexity index is 585. The molecule has 0 spiro atoms. The Kier molecular flexibility index (Phi) is 4.98. The molecule has 1 aromatic carbocycles. The molecule has 1 unspecified atom stereocenters. The monoisotopic (exact) mass is 306 g/mol. The highest BCUT2D eigenvalue weighted by molar-refractivity contribution is 8.95.